The second kappa shape index (κ2) is 19.9. The van der Waals surface area contributed by atoms with Gasteiger partial charge in [0, 0.05) is 39.6 Å². The molecule has 2 amide bonds. The molecule has 5 N–H and O–H groups in total. The van der Waals surface area contributed by atoms with Crippen LogP contribution in [0.25, 0.3) is 0 Å². The molecular weight excluding hydrogens is 702 g/mol. The van der Waals surface area contributed by atoms with E-state index in [2.05, 4.69) is 16.0 Å². The predicted octanol–water partition coefficient (Wildman–Crippen LogP) is 0.119. The molecule has 2 heterocycles. The molecule has 1 aliphatic heterocycles. The second-order valence-corrected chi connectivity index (χ2v) is 12.5. The summed E-state index contributed by atoms with van der Waals surface area (Å²) in [5.74, 6) is -4.70. The maximum absolute atomic E-state index is 13.0. The number of carbonyl (C=O) groups is 6. The standard InChI is InChI=1S/C34H45N5O14/c1-18(2)16-23(37-34(48)49-17-22-10-7-6-8-11-22)30(44)36-14-9-13-35-25(32(45)46)26(50-19(3)40)27-28(51-20(4)41)29(52-21(5)42)31(53-27)39-15-12-24(43)38-33(39)47/h6-8,10-12,15,18,23,25-29,31,35H,9,13-14,16-17H2,1-5H3,(H,36,44)(H,37,48)(H,45,46)(H,38,43,47)/t23-,25?,26+,27+,28+,29+,31-/m0/s1. The van der Waals surface area contributed by atoms with Crippen LogP contribution in [0, 0.1) is 5.92 Å². The van der Waals surface area contributed by atoms with Crippen LogP contribution in [0.4, 0.5) is 4.79 Å². The third-order valence-corrected chi connectivity index (χ3v) is 7.72. The number of amides is 2. The van der Waals surface area contributed by atoms with Gasteiger partial charge in [-0.1, -0.05) is 44.2 Å². The number of H-pyrrole nitrogens is 1. The van der Waals surface area contributed by atoms with E-state index in [9.17, 15) is 43.5 Å². The van der Waals surface area contributed by atoms with Crippen molar-refractivity contribution in [2.45, 2.75) is 96.8 Å². The van der Waals surface area contributed by atoms with Crippen molar-refractivity contribution in [1.29, 1.82) is 0 Å². The molecule has 53 heavy (non-hydrogen) atoms. The van der Waals surface area contributed by atoms with E-state index in [0.29, 0.717) is 6.42 Å². The summed E-state index contributed by atoms with van der Waals surface area (Å²) >= 11 is 0. The molecule has 290 valence electrons. The Balaban J connectivity index is 1.74. The van der Waals surface area contributed by atoms with Crippen LogP contribution in [-0.2, 0) is 54.3 Å². The van der Waals surface area contributed by atoms with Crippen LogP contribution in [0.15, 0.2) is 52.2 Å². The molecule has 1 unspecified atom stereocenters. The van der Waals surface area contributed by atoms with Crippen LogP contribution in [0.3, 0.4) is 0 Å². The first-order valence-electron chi connectivity index (χ1n) is 16.8. The zero-order chi connectivity index (χ0) is 39.2. The monoisotopic (exact) mass is 747 g/mol. The number of aromatic amines is 1. The first-order valence-corrected chi connectivity index (χ1v) is 16.8. The van der Waals surface area contributed by atoms with Gasteiger partial charge in [0.05, 0.1) is 0 Å². The van der Waals surface area contributed by atoms with Crippen molar-refractivity contribution in [2.24, 2.45) is 5.92 Å². The summed E-state index contributed by atoms with van der Waals surface area (Å²) in [4.78, 5) is 101. The predicted molar refractivity (Wildman–Crippen MR) is 182 cm³/mol. The molecule has 19 nitrogen and oxygen atoms in total. The fourth-order valence-electron chi connectivity index (χ4n) is 5.57. The van der Waals surface area contributed by atoms with Gasteiger partial charge in [-0.2, -0.15) is 0 Å². The summed E-state index contributed by atoms with van der Waals surface area (Å²) in [6.45, 7) is 6.79. The number of esters is 3. The molecule has 7 atom stereocenters. The Kier molecular flexibility index (Phi) is 15.7. The zero-order valence-electron chi connectivity index (χ0n) is 29.9. The van der Waals surface area contributed by atoms with E-state index in [1.165, 1.54) is 0 Å². The van der Waals surface area contributed by atoms with E-state index in [0.717, 1.165) is 43.2 Å². The number of rotatable bonds is 18. The number of ether oxygens (including phenoxy) is 5. The zero-order valence-corrected chi connectivity index (χ0v) is 29.9. The minimum Gasteiger partial charge on any atom is -0.480 e. The summed E-state index contributed by atoms with van der Waals surface area (Å²) in [5, 5.41) is 18.3. The van der Waals surface area contributed by atoms with Gasteiger partial charge in [-0.25, -0.2) is 9.59 Å². The fraction of sp³-hybridized carbons (Fsp3) is 0.529. The SMILES string of the molecule is CC(=O)O[C@H]1[C@@H](OC(C)=O)[C@@H](n2ccc(=O)[nH]c2=O)O[C@@H]1[C@H](OC(C)=O)C(NCCCNC(=O)[C@H](CC(C)C)NC(=O)OCc1ccccc1)C(=O)O. The minimum atomic E-state index is -1.74. The lowest BCUT2D eigenvalue weighted by Crippen LogP contribution is -2.57. The maximum Gasteiger partial charge on any atom is 0.408 e. The Bertz CT molecular complexity index is 1710. The first kappa shape index (κ1) is 41.9. The minimum absolute atomic E-state index is 0.0116. The molecule has 1 aromatic carbocycles. The number of aromatic nitrogens is 2. The normalized spacial score (nSPS) is 19.7. The number of alkyl carbamates (subject to hydrolysis) is 1. The molecule has 0 bridgehead atoms. The Morgan fingerprint density at radius 2 is 1.58 bits per heavy atom. The summed E-state index contributed by atoms with van der Waals surface area (Å²) in [7, 11) is 0. The number of carbonyl (C=O) groups excluding carboxylic acids is 5. The summed E-state index contributed by atoms with van der Waals surface area (Å²) in [5.41, 5.74) is -0.973. The van der Waals surface area contributed by atoms with Gasteiger partial charge < -0.3 is 44.7 Å². The second-order valence-electron chi connectivity index (χ2n) is 12.5. The lowest BCUT2D eigenvalue weighted by Gasteiger charge is -2.31. The van der Waals surface area contributed by atoms with Crippen LogP contribution in [0.1, 0.15) is 59.3 Å². The average Bonchev–Trinajstić information content (AvgIpc) is 3.39. The molecule has 0 aliphatic carbocycles. The number of carboxylic acids is 1. The van der Waals surface area contributed by atoms with Crippen LogP contribution in [0.5, 0.6) is 0 Å². The number of nitrogens with zero attached hydrogens (tertiary/aromatic N) is 1. The lowest BCUT2D eigenvalue weighted by molar-refractivity contribution is -0.175. The largest absolute Gasteiger partial charge is 0.480 e. The molecule has 0 saturated carbocycles. The Morgan fingerprint density at radius 1 is 0.925 bits per heavy atom. The highest BCUT2D eigenvalue weighted by Gasteiger charge is 2.56. The number of carboxylic acid groups (broad SMARTS) is 1. The average molecular weight is 748 g/mol. The molecule has 0 radical (unpaired) electrons. The Labute approximate surface area is 303 Å². The van der Waals surface area contributed by atoms with Crippen LogP contribution >= 0.6 is 0 Å². The summed E-state index contributed by atoms with van der Waals surface area (Å²) < 4.78 is 28.2. The van der Waals surface area contributed by atoms with Crippen molar-refractivity contribution < 1.29 is 57.6 Å². The van der Waals surface area contributed by atoms with Gasteiger partial charge in [-0.05, 0) is 30.9 Å². The molecular formula is C34H45N5O14. The van der Waals surface area contributed by atoms with Crippen molar-refractivity contribution in [1.82, 2.24) is 25.5 Å². The van der Waals surface area contributed by atoms with E-state index in [4.69, 9.17) is 23.7 Å². The van der Waals surface area contributed by atoms with E-state index >= 15 is 0 Å². The van der Waals surface area contributed by atoms with Crippen LogP contribution in [-0.4, -0.2) is 100 Å². The highest BCUT2D eigenvalue weighted by Crippen LogP contribution is 2.36. The van der Waals surface area contributed by atoms with Crippen LogP contribution < -0.4 is 27.2 Å². The number of benzene rings is 1. The smallest absolute Gasteiger partial charge is 0.408 e. The van der Waals surface area contributed by atoms with Crippen molar-refractivity contribution in [3.63, 3.8) is 0 Å². The van der Waals surface area contributed by atoms with Crippen molar-refractivity contribution >= 4 is 35.9 Å². The number of hydrogen-bond acceptors (Lipinski definition) is 14. The molecule has 1 fully saturated rings. The van der Waals surface area contributed by atoms with E-state index in [-0.39, 0.29) is 32.0 Å². The molecule has 1 saturated heterocycles. The number of nitrogens with one attached hydrogen (secondary N) is 4. The molecule has 1 aromatic heterocycles. The maximum atomic E-state index is 13.0. The molecule has 1 aliphatic rings. The molecule has 2 aromatic rings. The fourth-order valence-corrected chi connectivity index (χ4v) is 5.57. The highest BCUT2D eigenvalue weighted by molar-refractivity contribution is 5.85. The highest BCUT2D eigenvalue weighted by atomic mass is 16.7. The van der Waals surface area contributed by atoms with E-state index in [1.807, 2.05) is 24.9 Å². The molecule has 3 rings (SSSR count). The van der Waals surface area contributed by atoms with E-state index in [1.54, 1.807) is 24.3 Å². The van der Waals surface area contributed by atoms with Gasteiger partial charge in [0.15, 0.2) is 24.5 Å². The van der Waals surface area contributed by atoms with Crippen molar-refractivity contribution in [3.05, 3.63) is 69.0 Å². The summed E-state index contributed by atoms with van der Waals surface area (Å²) in [6.07, 6.45) is -7.38. The number of hydrogen-bond donors (Lipinski definition) is 5. The number of aliphatic carboxylic acids is 1. The van der Waals surface area contributed by atoms with E-state index < -0.39 is 89.9 Å². The van der Waals surface area contributed by atoms with Crippen LogP contribution in [0.2, 0.25) is 0 Å². The quantitative estimate of drug-likeness (QED) is 0.0771. The summed E-state index contributed by atoms with van der Waals surface area (Å²) in [6, 6.07) is 7.33. The van der Waals surface area contributed by atoms with Gasteiger partial charge >= 0.3 is 35.7 Å². The first-order chi connectivity index (χ1) is 25.1. The molecule has 19 heteroatoms. The Hall–Kier alpha value is -5.56. The van der Waals surface area contributed by atoms with Gasteiger partial charge in [-0.15, -0.1) is 0 Å². The lowest BCUT2D eigenvalue weighted by atomic mass is 9.98. The van der Waals surface area contributed by atoms with Gasteiger partial charge in [0.25, 0.3) is 5.56 Å². The van der Waals surface area contributed by atoms with Gasteiger partial charge in [0.2, 0.25) is 5.91 Å². The van der Waals surface area contributed by atoms with Crippen molar-refractivity contribution in [2.75, 3.05) is 13.1 Å². The van der Waals surface area contributed by atoms with Crippen molar-refractivity contribution in [3.8, 4) is 0 Å². The molecule has 0 spiro atoms. The van der Waals surface area contributed by atoms with Gasteiger partial charge in [-0.3, -0.25) is 38.3 Å². The van der Waals surface area contributed by atoms with Gasteiger partial charge in [0.1, 0.15) is 24.8 Å². The third-order valence-electron chi connectivity index (χ3n) is 7.72. The third kappa shape index (κ3) is 12.9. The Morgan fingerprint density at radius 3 is 2.17 bits per heavy atom. The topological polar surface area (TPSA) is 260 Å².